The monoisotopic (exact) mass is 140 g/mol. The first-order valence-corrected chi connectivity index (χ1v) is 3.81. The molecular formula is C8H12O2. The van der Waals surface area contributed by atoms with Gasteiger partial charge in [-0.1, -0.05) is 0 Å². The van der Waals surface area contributed by atoms with Crippen LogP contribution in [0.1, 0.15) is 25.7 Å². The molecule has 0 spiro atoms. The third kappa shape index (κ3) is 0.678. The standard InChI is InChI=1S/C8H12O2/c1-10-7(9)5-8-2-6(3-8)4-8/h6H,2-5H2,1H3. The molecule has 0 aliphatic heterocycles. The molecule has 2 bridgehead atoms. The molecule has 0 saturated heterocycles. The van der Waals surface area contributed by atoms with Crippen molar-refractivity contribution in [1.29, 1.82) is 0 Å². The topological polar surface area (TPSA) is 26.3 Å². The van der Waals surface area contributed by atoms with Crippen molar-refractivity contribution in [2.24, 2.45) is 11.3 Å². The zero-order valence-corrected chi connectivity index (χ0v) is 6.22. The van der Waals surface area contributed by atoms with Gasteiger partial charge in [-0.25, -0.2) is 0 Å². The molecule has 0 aromatic heterocycles. The van der Waals surface area contributed by atoms with Crippen molar-refractivity contribution >= 4 is 5.97 Å². The van der Waals surface area contributed by atoms with Crippen LogP contribution < -0.4 is 0 Å². The summed E-state index contributed by atoms with van der Waals surface area (Å²) in [5.74, 6) is 0.933. The summed E-state index contributed by atoms with van der Waals surface area (Å²) in [6.07, 6.45) is 4.51. The highest BCUT2D eigenvalue weighted by atomic mass is 16.5. The van der Waals surface area contributed by atoms with Gasteiger partial charge >= 0.3 is 5.97 Å². The molecule has 0 N–H and O–H groups in total. The Hall–Kier alpha value is -0.530. The molecule has 10 heavy (non-hydrogen) atoms. The highest BCUT2D eigenvalue weighted by molar-refractivity contribution is 5.70. The van der Waals surface area contributed by atoms with Crippen LogP contribution in [-0.4, -0.2) is 13.1 Å². The molecule has 56 valence electrons. The molecule has 0 aromatic rings. The molecule has 0 heterocycles. The molecule has 2 heteroatoms. The first-order chi connectivity index (χ1) is 4.74. The molecule has 0 atom stereocenters. The molecular weight excluding hydrogens is 128 g/mol. The molecule has 0 unspecified atom stereocenters. The molecule has 3 aliphatic rings. The number of carbonyl (C=O) groups is 1. The van der Waals surface area contributed by atoms with Crippen molar-refractivity contribution in [2.45, 2.75) is 25.7 Å². The van der Waals surface area contributed by atoms with Crippen LogP contribution in [0.15, 0.2) is 0 Å². The summed E-state index contributed by atoms with van der Waals surface area (Å²) in [4.78, 5) is 10.8. The van der Waals surface area contributed by atoms with Gasteiger partial charge in [-0.05, 0) is 30.6 Å². The van der Waals surface area contributed by atoms with Crippen LogP contribution in [-0.2, 0) is 9.53 Å². The van der Waals surface area contributed by atoms with E-state index < -0.39 is 0 Å². The van der Waals surface area contributed by atoms with E-state index >= 15 is 0 Å². The van der Waals surface area contributed by atoms with Gasteiger partial charge in [0.15, 0.2) is 0 Å². The van der Waals surface area contributed by atoms with E-state index in [4.69, 9.17) is 0 Å². The van der Waals surface area contributed by atoms with E-state index in [9.17, 15) is 4.79 Å². The first kappa shape index (κ1) is 6.20. The second-order valence-corrected chi connectivity index (χ2v) is 3.73. The zero-order chi connectivity index (χ0) is 7.19. The minimum absolute atomic E-state index is 0.0295. The van der Waals surface area contributed by atoms with Crippen LogP contribution in [0.3, 0.4) is 0 Å². The van der Waals surface area contributed by atoms with Crippen LogP contribution >= 0.6 is 0 Å². The second-order valence-electron chi connectivity index (χ2n) is 3.73. The fraction of sp³-hybridized carbons (Fsp3) is 0.875. The van der Waals surface area contributed by atoms with E-state index in [2.05, 4.69) is 4.74 Å². The highest BCUT2D eigenvalue weighted by Gasteiger charge is 2.57. The molecule has 0 amide bonds. The summed E-state index contributed by atoms with van der Waals surface area (Å²) in [6.45, 7) is 0. The number of hydrogen-bond donors (Lipinski definition) is 0. The average Bonchev–Trinajstić information content (AvgIpc) is 1.75. The Bertz CT molecular complexity index is 157. The Morgan fingerprint density at radius 2 is 2.20 bits per heavy atom. The summed E-state index contributed by atoms with van der Waals surface area (Å²) in [5.41, 5.74) is 0.414. The van der Waals surface area contributed by atoms with Gasteiger partial charge in [0.1, 0.15) is 0 Å². The number of esters is 1. The van der Waals surface area contributed by atoms with Crippen LogP contribution in [0.4, 0.5) is 0 Å². The molecule has 3 rings (SSSR count). The number of carbonyl (C=O) groups excluding carboxylic acids is 1. The Labute approximate surface area is 60.6 Å². The number of methoxy groups -OCH3 is 1. The third-order valence-electron chi connectivity index (χ3n) is 2.91. The third-order valence-corrected chi connectivity index (χ3v) is 2.91. The summed E-state index contributed by atoms with van der Waals surface area (Å²) >= 11 is 0. The molecule has 3 saturated carbocycles. The largest absolute Gasteiger partial charge is 0.469 e. The van der Waals surface area contributed by atoms with Gasteiger partial charge in [-0.15, -0.1) is 0 Å². The summed E-state index contributed by atoms with van der Waals surface area (Å²) in [7, 11) is 1.47. The van der Waals surface area contributed by atoms with Crippen molar-refractivity contribution in [3.8, 4) is 0 Å². The van der Waals surface area contributed by atoms with E-state index in [1.54, 1.807) is 0 Å². The van der Waals surface area contributed by atoms with E-state index in [0.717, 1.165) is 5.92 Å². The number of hydrogen-bond acceptors (Lipinski definition) is 2. The minimum atomic E-state index is -0.0295. The van der Waals surface area contributed by atoms with Crippen molar-refractivity contribution in [1.82, 2.24) is 0 Å². The predicted molar refractivity (Wildman–Crippen MR) is 36.4 cm³/mol. The van der Waals surface area contributed by atoms with E-state index in [-0.39, 0.29) is 5.97 Å². The predicted octanol–water partition coefficient (Wildman–Crippen LogP) is 1.35. The lowest BCUT2D eigenvalue weighted by atomic mass is 9.43. The Balaban J connectivity index is 1.84. The van der Waals surface area contributed by atoms with Crippen LogP contribution in [0.5, 0.6) is 0 Å². The first-order valence-electron chi connectivity index (χ1n) is 3.81. The average molecular weight is 140 g/mol. The molecule has 0 aromatic carbocycles. The maximum absolute atomic E-state index is 10.8. The quantitative estimate of drug-likeness (QED) is 0.541. The van der Waals surface area contributed by atoms with Gasteiger partial charge in [-0.2, -0.15) is 0 Å². The van der Waals surface area contributed by atoms with Gasteiger partial charge < -0.3 is 4.74 Å². The van der Waals surface area contributed by atoms with Crippen molar-refractivity contribution in [3.05, 3.63) is 0 Å². The van der Waals surface area contributed by atoms with Gasteiger partial charge in [0, 0.05) is 0 Å². The zero-order valence-electron chi connectivity index (χ0n) is 6.22. The summed E-state index contributed by atoms with van der Waals surface area (Å²) in [5, 5.41) is 0. The highest BCUT2D eigenvalue weighted by Crippen LogP contribution is 2.66. The lowest BCUT2D eigenvalue weighted by molar-refractivity contribution is -0.161. The van der Waals surface area contributed by atoms with Crippen LogP contribution in [0.25, 0.3) is 0 Å². The summed E-state index contributed by atoms with van der Waals surface area (Å²) < 4.78 is 4.61. The summed E-state index contributed by atoms with van der Waals surface area (Å²) in [6, 6.07) is 0. The van der Waals surface area contributed by atoms with E-state index in [0.29, 0.717) is 11.8 Å². The van der Waals surface area contributed by atoms with Gasteiger partial charge in [0.05, 0.1) is 13.5 Å². The van der Waals surface area contributed by atoms with Gasteiger partial charge in [0.25, 0.3) is 0 Å². The van der Waals surface area contributed by atoms with Crippen molar-refractivity contribution < 1.29 is 9.53 Å². The molecule has 0 radical (unpaired) electrons. The minimum Gasteiger partial charge on any atom is -0.469 e. The van der Waals surface area contributed by atoms with Gasteiger partial charge in [-0.3, -0.25) is 4.79 Å². The Kier molecular flexibility index (Phi) is 1.08. The Morgan fingerprint density at radius 3 is 2.50 bits per heavy atom. The number of ether oxygens (including phenoxy) is 1. The maximum atomic E-state index is 10.8. The van der Waals surface area contributed by atoms with Gasteiger partial charge in [0.2, 0.25) is 0 Å². The van der Waals surface area contributed by atoms with E-state index in [1.807, 2.05) is 0 Å². The normalized spacial score (nSPS) is 41.5. The number of rotatable bonds is 2. The second kappa shape index (κ2) is 1.74. The van der Waals surface area contributed by atoms with Crippen molar-refractivity contribution in [3.63, 3.8) is 0 Å². The van der Waals surface area contributed by atoms with Crippen LogP contribution in [0.2, 0.25) is 0 Å². The van der Waals surface area contributed by atoms with Crippen LogP contribution in [0, 0.1) is 11.3 Å². The smallest absolute Gasteiger partial charge is 0.306 e. The lowest BCUT2D eigenvalue weighted by Gasteiger charge is -2.61. The van der Waals surface area contributed by atoms with Crippen molar-refractivity contribution in [2.75, 3.05) is 7.11 Å². The SMILES string of the molecule is COC(=O)CC12CC(C1)C2. The lowest BCUT2D eigenvalue weighted by Crippen LogP contribution is -2.52. The fourth-order valence-corrected chi connectivity index (χ4v) is 2.25. The molecule has 3 aliphatic carbocycles. The fourth-order valence-electron chi connectivity index (χ4n) is 2.25. The Morgan fingerprint density at radius 1 is 1.60 bits per heavy atom. The maximum Gasteiger partial charge on any atom is 0.306 e. The molecule has 2 nitrogen and oxygen atoms in total. The molecule has 3 fully saturated rings. The van der Waals surface area contributed by atoms with E-state index in [1.165, 1.54) is 26.4 Å².